The molecule has 0 saturated carbocycles. The number of ether oxygens (including phenoxy) is 3. The maximum Gasteiger partial charge on any atom is 0.209 e. The molecule has 5 N–H and O–H groups in total. The molecule has 0 atom stereocenters. The molecule has 0 radical (unpaired) electrons. The van der Waals surface area contributed by atoms with Gasteiger partial charge in [-0.15, -0.1) is 0 Å². The van der Waals surface area contributed by atoms with Crippen LogP contribution in [-0.2, 0) is 52.9 Å². The summed E-state index contributed by atoms with van der Waals surface area (Å²) in [5.74, 6) is 0.930. The number of H-pyrrole nitrogens is 3. The molecule has 1 aromatic carbocycles. The fourth-order valence-corrected chi connectivity index (χ4v) is 8.14. The lowest BCUT2D eigenvalue weighted by Crippen LogP contribution is -2.11. The van der Waals surface area contributed by atoms with Gasteiger partial charge in [-0.25, -0.2) is 0 Å². The zero-order valence-electron chi connectivity index (χ0n) is 37.2. The van der Waals surface area contributed by atoms with E-state index in [0.717, 1.165) is 85.5 Å². The van der Waals surface area contributed by atoms with E-state index in [1.165, 1.54) is 52.9 Å². The second kappa shape index (κ2) is 24.9. The maximum absolute atomic E-state index is 9.87. The fraction of sp³-hybridized carbons (Fsp3) is 0.583. The SMILES string of the molecule is CCCCCCCOc1cc2c(cc1OOCCOCCOCCC)N=Cc1[nH]c(c(CCCO)c1C)Cc1[nH]c(c(CC)c1CC)Cc1[nH]c(c(C)c1CCCO)C=N2. The van der Waals surface area contributed by atoms with E-state index in [4.69, 9.17) is 34.0 Å². The van der Waals surface area contributed by atoms with Gasteiger partial charge in [0.05, 0.1) is 61.6 Å². The van der Waals surface area contributed by atoms with Crippen LogP contribution in [0.15, 0.2) is 22.1 Å². The molecule has 1 aliphatic heterocycles. The first-order valence-corrected chi connectivity index (χ1v) is 22.5. The quantitative estimate of drug-likeness (QED) is 0.0223. The van der Waals surface area contributed by atoms with Gasteiger partial charge < -0.3 is 44.3 Å². The van der Waals surface area contributed by atoms with Crippen LogP contribution in [0.3, 0.4) is 0 Å². The van der Waals surface area contributed by atoms with Crippen LogP contribution in [0.4, 0.5) is 11.4 Å². The zero-order chi connectivity index (χ0) is 42.7. The molecule has 6 bridgehead atoms. The van der Waals surface area contributed by atoms with Gasteiger partial charge in [-0.05, 0) is 98.6 Å². The van der Waals surface area contributed by atoms with E-state index in [1.807, 2.05) is 24.6 Å². The zero-order valence-corrected chi connectivity index (χ0v) is 37.2. The van der Waals surface area contributed by atoms with E-state index in [9.17, 15) is 10.2 Å². The van der Waals surface area contributed by atoms with Crippen molar-refractivity contribution in [3.05, 3.63) is 79.7 Å². The number of benzene rings is 1. The smallest absolute Gasteiger partial charge is 0.209 e. The van der Waals surface area contributed by atoms with Gasteiger partial charge >= 0.3 is 0 Å². The first-order chi connectivity index (χ1) is 29.4. The third-order valence-corrected chi connectivity index (χ3v) is 11.4. The van der Waals surface area contributed by atoms with E-state index in [1.54, 1.807) is 0 Å². The number of aliphatic hydroxyl groups is 2. The summed E-state index contributed by atoms with van der Waals surface area (Å²) in [5.41, 5.74) is 15.1. The number of aliphatic imine (C=N–C) groups is 2. The van der Waals surface area contributed by atoms with Crippen LogP contribution in [0.5, 0.6) is 11.5 Å². The van der Waals surface area contributed by atoms with Crippen molar-refractivity contribution < 1.29 is 34.2 Å². The molecule has 3 aromatic heterocycles. The van der Waals surface area contributed by atoms with Crippen molar-refractivity contribution in [1.82, 2.24) is 15.0 Å². The molecule has 330 valence electrons. The number of unbranched alkanes of at least 4 members (excludes halogenated alkanes) is 4. The minimum atomic E-state index is 0.120. The Labute approximate surface area is 357 Å². The number of nitrogens with zero attached hydrogens (tertiary/aromatic N) is 2. The normalized spacial score (nSPS) is 12.6. The van der Waals surface area contributed by atoms with Crippen molar-refractivity contribution in [2.24, 2.45) is 9.98 Å². The van der Waals surface area contributed by atoms with E-state index in [-0.39, 0.29) is 19.8 Å². The Morgan fingerprint density at radius 2 is 1.07 bits per heavy atom. The second-order valence-electron chi connectivity index (χ2n) is 15.7. The third kappa shape index (κ3) is 12.7. The van der Waals surface area contributed by atoms with Gasteiger partial charge in [0.25, 0.3) is 0 Å². The number of aromatic nitrogens is 3. The Bertz CT molecular complexity index is 1970. The monoisotopic (exact) mass is 830 g/mol. The van der Waals surface area contributed by atoms with Gasteiger partial charge in [0, 0.05) is 67.6 Å². The molecule has 0 spiro atoms. The maximum atomic E-state index is 9.87. The number of aliphatic hydroxyl groups excluding tert-OH is 2. The van der Waals surface area contributed by atoms with Crippen molar-refractivity contribution >= 4 is 23.8 Å². The summed E-state index contributed by atoms with van der Waals surface area (Å²) >= 11 is 0. The molecular formula is C48H71N5O7. The van der Waals surface area contributed by atoms with Crippen molar-refractivity contribution in [2.75, 3.05) is 52.9 Å². The summed E-state index contributed by atoms with van der Waals surface area (Å²) in [7, 11) is 0. The highest BCUT2D eigenvalue weighted by Gasteiger charge is 2.23. The first kappa shape index (κ1) is 46.9. The number of fused-ring (bicyclic) bond motifs is 7. The van der Waals surface area contributed by atoms with Crippen LogP contribution in [0, 0.1) is 13.8 Å². The van der Waals surface area contributed by atoms with Gasteiger partial charge in [-0.3, -0.25) is 9.98 Å². The number of hydrogen-bond acceptors (Lipinski definition) is 9. The number of aromatic amines is 3. The average Bonchev–Trinajstić information content (AvgIpc) is 3.85. The van der Waals surface area contributed by atoms with E-state index < -0.39 is 0 Å². The molecule has 1 aliphatic rings. The summed E-state index contributed by atoms with van der Waals surface area (Å²) in [4.78, 5) is 33.1. The van der Waals surface area contributed by atoms with Gasteiger partial charge in [0.1, 0.15) is 6.61 Å². The topological polar surface area (TPSA) is 159 Å². The average molecular weight is 830 g/mol. The Kier molecular flexibility index (Phi) is 19.5. The molecule has 0 saturated heterocycles. The Balaban J connectivity index is 1.59. The Hall–Kier alpha value is -4.20. The molecule has 12 nitrogen and oxygen atoms in total. The van der Waals surface area contributed by atoms with Crippen LogP contribution in [0.2, 0.25) is 0 Å². The highest BCUT2D eigenvalue weighted by Crippen LogP contribution is 2.41. The van der Waals surface area contributed by atoms with Crippen molar-refractivity contribution in [2.45, 2.75) is 131 Å². The highest BCUT2D eigenvalue weighted by atomic mass is 17.2. The van der Waals surface area contributed by atoms with Gasteiger partial charge in [-0.1, -0.05) is 53.4 Å². The van der Waals surface area contributed by atoms with E-state index in [2.05, 4.69) is 56.5 Å². The Morgan fingerprint density at radius 3 is 1.60 bits per heavy atom. The van der Waals surface area contributed by atoms with Gasteiger partial charge in [0.2, 0.25) is 5.75 Å². The fourth-order valence-electron chi connectivity index (χ4n) is 8.14. The van der Waals surface area contributed by atoms with Crippen LogP contribution >= 0.6 is 0 Å². The highest BCUT2D eigenvalue weighted by molar-refractivity contribution is 5.88. The number of rotatable bonds is 25. The summed E-state index contributed by atoms with van der Waals surface area (Å²) in [6.45, 7) is 16.1. The molecule has 4 heterocycles. The predicted molar refractivity (Wildman–Crippen MR) is 241 cm³/mol. The van der Waals surface area contributed by atoms with E-state index in [0.29, 0.717) is 75.0 Å². The molecule has 60 heavy (non-hydrogen) atoms. The molecule has 0 unspecified atom stereocenters. The summed E-state index contributed by atoms with van der Waals surface area (Å²) in [6.07, 6.45) is 16.4. The summed E-state index contributed by atoms with van der Waals surface area (Å²) in [6, 6.07) is 3.71. The largest absolute Gasteiger partial charge is 0.489 e. The first-order valence-electron chi connectivity index (χ1n) is 22.5. The second-order valence-corrected chi connectivity index (χ2v) is 15.7. The molecule has 0 amide bonds. The molecule has 5 rings (SSSR count). The summed E-state index contributed by atoms with van der Waals surface area (Å²) < 4.78 is 17.6. The number of nitrogens with one attached hydrogen (secondary N) is 3. The molecule has 0 aliphatic carbocycles. The Morgan fingerprint density at radius 1 is 0.550 bits per heavy atom. The lowest BCUT2D eigenvalue weighted by molar-refractivity contribution is -0.216. The van der Waals surface area contributed by atoms with Crippen molar-refractivity contribution in [3.63, 3.8) is 0 Å². The van der Waals surface area contributed by atoms with Crippen LogP contribution < -0.4 is 9.62 Å². The predicted octanol–water partition coefficient (Wildman–Crippen LogP) is 9.36. The van der Waals surface area contributed by atoms with Crippen LogP contribution in [-0.4, -0.2) is 90.4 Å². The lowest BCUT2D eigenvalue weighted by atomic mass is 9.97. The van der Waals surface area contributed by atoms with Crippen LogP contribution in [0.1, 0.15) is 147 Å². The van der Waals surface area contributed by atoms with Gasteiger partial charge in [-0.2, -0.15) is 4.89 Å². The lowest BCUT2D eigenvalue weighted by Gasteiger charge is -2.14. The molecule has 0 fully saturated rings. The van der Waals surface area contributed by atoms with E-state index >= 15 is 0 Å². The third-order valence-electron chi connectivity index (χ3n) is 11.4. The molecular weight excluding hydrogens is 759 g/mol. The minimum Gasteiger partial charge on any atom is -0.489 e. The summed E-state index contributed by atoms with van der Waals surface area (Å²) in [5, 5.41) is 19.7. The van der Waals surface area contributed by atoms with Gasteiger partial charge in [0.15, 0.2) is 5.75 Å². The van der Waals surface area contributed by atoms with Crippen molar-refractivity contribution in [3.8, 4) is 11.5 Å². The standard InChI is InChI=1S/C48H71N5O7/c1-7-11-12-13-14-22-58-47-29-43-44(30-48(47)60-59-26-25-57-24-23-56-21-8-2)50-32-46-34(6)38(18-16-20-55)42(53-46)28-40-36(10-4)35(9-3)39(51-40)27-41-37(17-15-19-54)33(5)45(52-41)31-49-43/h29-32,51-55H,7-28H2,1-6H3. The minimum absolute atomic E-state index is 0.120. The number of hydrogen-bond donors (Lipinski definition) is 5. The molecule has 12 heteroatoms. The van der Waals surface area contributed by atoms with Crippen LogP contribution in [0.25, 0.3) is 0 Å². The molecule has 4 aromatic rings. The van der Waals surface area contributed by atoms with Crippen molar-refractivity contribution in [1.29, 1.82) is 0 Å².